The summed E-state index contributed by atoms with van der Waals surface area (Å²) in [5.74, 6) is 0.158. The fourth-order valence-electron chi connectivity index (χ4n) is 5.39. The van der Waals surface area contributed by atoms with Crippen LogP contribution in [0.15, 0.2) is 89.8 Å². The van der Waals surface area contributed by atoms with Gasteiger partial charge in [-0.3, -0.25) is 14.6 Å². The number of thioether (sulfide) groups is 1. The second kappa shape index (κ2) is 14.9. The minimum Gasteiger partial charge on any atom is -0.494 e. The summed E-state index contributed by atoms with van der Waals surface area (Å²) in [4.78, 5) is 29.1. The smallest absolute Gasteiger partial charge is 0.335 e. The molecule has 2 fully saturated rings. The van der Waals surface area contributed by atoms with Gasteiger partial charge in [-0.2, -0.15) is 0 Å². The first kappa shape index (κ1) is 31.7. The van der Waals surface area contributed by atoms with Gasteiger partial charge in [-0.05, 0) is 76.9 Å². The molecule has 2 aliphatic rings. The van der Waals surface area contributed by atoms with Crippen LogP contribution in [-0.4, -0.2) is 83.7 Å². The number of nitrogens with zero attached hydrogens (tertiary/aromatic N) is 2. The number of carboxylic acids is 1. The van der Waals surface area contributed by atoms with Crippen LogP contribution in [0.3, 0.4) is 0 Å². The largest absolute Gasteiger partial charge is 0.494 e. The summed E-state index contributed by atoms with van der Waals surface area (Å²) in [6, 6.07) is 27.1. The molecule has 10 heteroatoms. The van der Waals surface area contributed by atoms with E-state index in [1.165, 1.54) is 29.3 Å². The van der Waals surface area contributed by atoms with Crippen molar-refractivity contribution in [2.75, 3.05) is 52.6 Å². The van der Waals surface area contributed by atoms with Crippen molar-refractivity contribution in [3.05, 3.63) is 101 Å². The van der Waals surface area contributed by atoms with E-state index in [9.17, 15) is 9.59 Å². The zero-order chi connectivity index (χ0) is 31.9. The van der Waals surface area contributed by atoms with Crippen LogP contribution >= 0.6 is 24.0 Å². The standard InChI is InChI=1S/C36H34N2O6S2/c39-34-33(46-36(45)38(34)14-3-18-43-31-11-8-26(9-12-31)35(40)41)24-30-23-29(28-7-6-25-4-1-2-5-27(25)22-28)10-13-32(30)44-21-17-37-15-19-42-20-16-37/h1-2,4-13,22-24H,3,14-21H2,(H,40,41). The summed E-state index contributed by atoms with van der Waals surface area (Å²) < 4.78 is 18.0. The van der Waals surface area contributed by atoms with Gasteiger partial charge in [-0.25, -0.2) is 4.79 Å². The Bertz CT molecular complexity index is 1770. The highest BCUT2D eigenvalue weighted by molar-refractivity contribution is 8.26. The summed E-state index contributed by atoms with van der Waals surface area (Å²) in [6.45, 7) is 5.34. The van der Waals surface area contributed by atoms with Crippen LogP contribution in [0.1, 0.15) is 22.3 Å². The topological polar surface area (TPSA) is 88.5 Å². The summed E-state index contributed by atoms with van der Waals surface area (Å²) in [7, 11) is 0. The molecule has 236 valence electrons. The van der Waals surface area contributed by atoms with Crippen LogP contribution in [0.2, 0.25) is 0 Å². The molecule has 4 aromatic carbocycles. The van der Waals surface area contributed by atoms with Gasteiger partial charge in [0.15, 0.2) is 0 Å². The number of hydrogen-bond acceptors (Lipinski definition) is 8. The summed E-state index contributed by atoms with van der Waals surface area (Å²) >= 11 is 6.89. The highest BCUT2D eigenvalue weighted by Gasteiger charge is 2.32. The average molecular weight is 655 g/mol. The van der Waals surface area contributed by atoms with Crippen LogP contribution in [0, 0.1) is 0 Å². The zero-order valence-corrected chi connectivity index (χ0v) is 26.9. The van der Waals surface area contributed by atoms with E-state index >= 15 is 0 Å². The van der Waals surface area contributed by atoms with Gasteiger partial charge in [0.05, 0.1) is 30.3 Å². The first-order chi connectivity index (χ1) is 22.4. The quantitative estimate of drug-likeness (QED) is 0.103. The van der Waals surface area contributed by atoms with E-state index < -0.39 is 5.97 Å². The van der Waals surface area contributed by atoms with Crippen LogP contribution in [0.5, 0.6) is 11.5 Å². The van der Waals surface area contributed by atoms with Crippen LogP contribution < -0.4 is 9.47 Å². The molecule has 2 saturated heterocycles. The van der Waals surface area contributed by atoms with Crippen LogP contribution in [-0.2, 0) is 9.53 Å². The molecule has 1 N–H and O–H groups in total. The van der Waals surface area contributed by atoms with Gasteiger partial charge in [-0.15, -0.1) is 0 Å². The Hall–Kier alpha value is -4.22. The molecule has 0 aromatic heterocycles. The third-order valence-corrected chi connectivity index (χ3v) is 9.30. The van der Waals surface area contributed by atoms with Gasteiger partial charge in [0.25, 0.3) is 5.91 Å². The number of carbonyl (C=O) groups excluding carboxylic acids is 1. The SMILES string of the molecule is O=C(O)c1ccc(OCCCN2C(=O)C(=Cc3cc(-c4ccc5ccccc5c4)ccc3OCCN3CCOCC3)SC2=S)cc1. The van der Waals surface area contributed by atoms with E-state index in [2.05, 4.69) is 47.4 Å². The lowest BCUT2D eigenvalue weighted by Gasteiger charge is -2.26. The van der Waals surface area contributed by atoms with Crippen molar-refractivity contribution in [1.82, 2.24) is 9.80 Å². The van der Waals surface area contributed by atoms with Crippen molar-refractivity contribution in [1.29, 1.82) is 0 Å². The van der Waals surface area contributed by atoms with Gasteiger partial charge in [0.1, 0.15) is 22.4 Å². The fraction of sp³-hybridized carbons (Fsp3) is 0.250. The van der Waals surface area contributed by atoms with Gasteiger partial charge in [-0.1, -0.05) is 66.4 Å². The molecule has 0 spiro atoms. The Morgan fingerprint density at radius 1 is 0.891 bits per heavy atom. The second-order valence-electron chi connectivity index (χ2n) is 11.0. The number of aromatic carboxylic acids is 1. The number of amides is 1. The highest BCUT2D eigenvalue weighted by atomic mass is 32.2. The molecule has 0 bridgehead atoms. The van der Waals surface area contributed by atoms with Crippen LogP contribution in [0.4, 0.5) is 0 Å². The normalized spacial score (nSPS) is 16.3. The van der Waals surface area contributed by atoms with Gasteiger partial charge < -0.3 is 19.3 Å². The predicted molar refractivity (Wildman–Crippen MR) is 186 cm³/mol. The molecular weight excluding hydrogens is 621 g/mol. The number of ether oxygens (including phenoxy) is 3. The molecule has 0 atom stereocenters. The third-order valence-electron chi connectivity index (χ3n) is 7.92. The maximum Gasteiger partial charge on any atom is 0.335 e. The number of rotatable bonds is 12. The molecule has 46 heavy (non-hydrogen) atoms. The molecule has 0 radical (unpaired) electrons. The number of fused-ring (bicyclic) bond motifs is 1. The van der Waals surface area contributed by atoms with E-state index in [0.717, 1.165) is 54.9 Å². The Morgan fingerprint density at radius 3 is 2.41 bits per heavy atom. The molecule has 1 amide bonds. The highest BCUT2D eigenvalue weighted by Crippen LogP contribution is 2.36. The summed E-state index contributed by atoms with van der Waals surface area (Å²) in [6.07, 6.45) is 2.45. The van der Waals surface area contributed by atoms with Gasteiger partial charge in [0, 0.05) is 31.7 Å². The average Bonchev–Trinajstić information content (AvgIpc) is 3.35. The van der Waals surface area contributed by atoms with Crippen molar-refractivity contribution in [3.63, 3.8) is 0 Å². The number of thiocarbonyl (C=S) groups is 1. The second-order valence-corrected chi connectivity index (χ2v) is 12.7. The number of carbonyl (C=O) groups is 2. The maximum atomic E-state index is 13.5. The Kier molecular flexibility index (Phi) is 10.3. The number of morpholine rings is 1. The number of hydrogen-bond donors (Lipinski definition) is 1. The first-order valence-electron chi connectivity index (χ1n) is 15.2. The molecule has 0 aliphatic carbocycles. The zero-order valence-electron chi connectivity index (χ0n) is 25.2. The first-order valence-corrected chi connectivity index (χ1v) is 16.4. The molecule has 0 unspecified atom stereocenters. The molecule has 0 saturated carbocycles. The molecule has 8 nitrogen and oxygen atoms in total. The van der Waals surface area contributed by atoms with Gasteiger partial charge >= 0.3 is 5.97 Å². The van der Waals surface area contributed by atoms with Crippen molar-refractivity contribution in [3.8, 4) is 22.6 Å². The van der Waals surface area contributed by atoms with Crippen molar-refractivity contribution >= 4 is 57.0 Å². The lowest BCUT2D eigenvalue weighted by atomic mass is 9.99. The molecule has 2 heterocycles. The minimum atomic E-state index is -0.985. The Labute approximate surface area is 277 Å². The third kappa shape index (κ3) is 7.76. The number of carboxylic acid groups (broad SMARTS) is 1. The van der Waals surface area contributed by atoms with Crippen molar-refractivity contribution in [2.24, 2.45) is 0 Å². The molecule has 6 rings (SSSR count). The lowest BCUT2D eigenvalue weighted by Crippen LogP contribution is -2.38. The molecule has 4 aromatic rings. The Morgan fingerprint density at radius 2 is 1.63 bits per heavy atom. The van der Waals surface area contributed by atoms with E-state index in [-0.39, 0.29) is 11.5 Å². The van der Waals surface area contributed by atoms with Crippen molar-refractivity contribution in [2.45, 2.75) is 6.42 Å². The number of benzene rings is 4. The van der Waals surface area contributed by atoms with E-state index in [0.29, 0.717) is 46.9 Å². The lowest BCUT2D eigenvalue weighted by molar-refractivity contribution is -0.122. The van der Waals surface area contributed by atoms with E-state index in [1.54, 1.807) is 17.0 Å². The predicted octanol–water partition coefficient (Wildman–Crippen LogP) is 6.59. The van der Waals surface area contributed by atoms with E-state index in [4.69, 9.17) is 31.5 Å². The summed E-state index contributed by atoms with van der Waals surface area (Å²) in [5.41, 5.74) is 3.13. The Balaban J connectivity index is 1.16. The molecule has 2 aliphatic heterocycles. The minimum absolute atomic E-state index is 0.142. The van der Waals surface area contributed by atoms with Crippen molar-refractivity contribution < 1.29 is 28.9 Å². The summed E-state index contributed by atoms with van der Waals surface area (Å²) in [5, 5.41) is 11.4. The van der Waals surface area contributed by atoms with E-state index in [1.807, 2.05) is 24.3 Å². The molecular formula is C36H34N2O6S2. The van der Waals surface area contributed by atoms with Crippen LogP contribution in [0.25, 0.3) is 28.0 Å². The monoisotopic (exact) mass is 654 g/mol. The fourth-order valence-corrected chi connectivity index (χ4v) is 6.69. The maximum absolute atomic E-state index is 13.5. The van der Waals surface area contributed by atoms with Gasteiger partial charge in [0.2, 0.25) is 0 Å².